The van der Waals surface area contributed by atoms with Crippen molar-refractivity contribution in [1.82, 2.24) is 4.98 Å². The molecule has 0 aliphatic heterocycles. The summed E-state index contributed by atoms with van der Waals surface area (Å²) in [7, 11) is 1.51. The standard InChI is InChI=1S/C8H14N4O2/c1-14-12-7(10-4-2-6-13)3-5-11-8(12)9/h3,5,13H,2,4,6H2,1H3,(H2,9,10,11)/p+1. The van der Waals surface area contributed by atoms with Crippen molar-refractivity contribution in [2.75, 3.05) is 31.3 Å². The summed E-state index contributed by atoms with van der Waals surface area (Å²) in [6.07, 6.45) is 2.26. The molecule has 0 aliphatic carbocycles. The van der Waals surface area contributed by atoms with Gasteiger partial charge in [0.05, 0.1) is 12.7 Å². The van der Waals surface area contributed by atoms with Crippen LogP contribution >= 0.6 is 0 Å². The van der Waals surface area contributed by atoms with Gasteiger partial charge in [-0.2, -0.15) is 0 Å². The molecule has 1 aromatic heterocycles. The van der Waals surface area contributed by atoms with E-state index >= 15 is 0 Å². The minimum Gasteiger partial charge on any atom is -0.396 e. The Bertz CT molecular complexity index is 293. The van der Waals surface area contributed by atoms with Crippen molar-refractivity contribution in [3.63, 3.8) is 0 Å². The van der Waals surface area contributed by atoms with Crippen LogP contribution in [0.3, 0.4) is 0 Å². The number of anilines is 2. The monoisotopic (exact) mass is 199 g/mol. The molecule has 0 atom stereocenters. The Labute approximate surface area is 82.3 Å². The summed E-state index contributed by atoms with van der Waals surface area (Å²) in [5.41, 5.74) is 5.57. The summed E-state index contributed by atoms with van der Waals surface area (Å²) >= 11 is 0. The molecule has 4 N–H and O–H groups in total. The molecule has 0 saturated heterocycles. The number of hydrogen-bond acceptors (Lipinski definition) is 5. The number of nitrogens with one attached hydrogen (secondary N) is 1. The average molecular weight is 199 g/mol. The highest BCUT2D eigenvalue weighted by atomic mass is 16.6. The summed E-state index contributed by atoms with van der Waals surface area (Å²) in [4.78, 5) is 8.88. The molecular formula is C8H15N4O2+. The van der Waals surface area contributed by atoms with Crippen LogP contribution in [0, 0.1) is 0 Å². The van der Waals surface area contributed by atoms with Gasteiger partial charge in [0.2, 0.25) is 5.82 Å². The van der Waals surface area contributed by atoms with Crippen LogP contribution in [0.25, 0.3) is 0 Å². The van der Waals surface area contributed by atoms with Crippen LogP contribution in [0.4, 0.5) is 11.8 Å². The quantitative estimate of drug-likeness (QED) is 0.410. The van der Waals surface area contributed by atoms with Crippen molar-refractivity contribution in [1.29, 1.82) is 0 Å². The Kier molecular flexibility index (Phi) is 3.93. The number of rotatable bonds is 5. The molecule has 78 valence electrons. The molecule has 1 heterocycles. The van der Waals surface area contributed by atoms with Crippen molar-refractivity contribution in [3.8, 4) is 0 Å². The molecule has 0 saturated carbocycles. The van der Waals surface area contributed by atoms with Crippen molar-refractivity contribution in [2.45, 2.75) is 6.42 Å². The number of hydrogen-bond donors (Lipinski definition) is 3. The minimum absolute atomic E-state index is 0.153. The molecule has 0 spiro atoms. The second kappa shape index (κ2) is 5.23. The summed E-state index contributed by atoms with van der Waals surface area (Å²) in [6, 6.07) is 1.75. The van der Waals surface area contributed by atoms with E-state index in [4.69, 9.17) is 15.7 Å². The molecule has 0 amide bonds. The zero-order valence-electron chi connectivity index (χ0n) is 8.10. The van der Waals surface area contributed by atoms with Crippen LogP contribution < -0.4 is 20.6 Å². The lowest BCUT2D eigenvalue weighted by molar-refractivity contribution is -0.864. The first-order valence-corrected chi connectivity index (χ1v) is 4.35. The van der Waals surface area contributed by atoms with E-state index in [1.54, 1.807) is 12.3 Å². The molecule has 1 aromatic rings. The van der Waals surface area contributed by atoms with Crippen molar-refractivity contribution in [2.24, 2.45) is 0 Å². The van der Waals surface area contributed by atoms with E-state index in [-0.39, 0.29) is 12.6 Å². The molecular weight excluding hydrogens is 184 g/mol. The Hall–Kier alpha value is -1.56. The van der Waals surface area contributed by atoms with E-state index in [1.165, 1.54) is 11.8 Å². The Morgan fingerprint density at radius 3 is 3.14 bits per heavy atom. The highest BCUT2D eigenvalue weighted by molar-refractivity contribution is 5.28. The van der Waals surface area contributed by atoms with Crippen LogP contribution in [-0.4, -0.2) is 30.4 Å². The third-order valence-corrected chi connectivity index (χ3v) is 1.69. The second-order valence-electron chi connectivity index (χ2n) is 2.67. The van der Waals surface area contributed by atoms with Gasteiger partial charge in [-0.25, -0.2) is 0 Å². The average Bonchev–Trinajstić information content (AvgIpc) is 2.18. The van der Waals surface area contributed by atoms with Gasteiger partial charge in [0.15, 0.2) is 0 Å². The van der Waals surface area contributed by atoms with Gasteiger partial charge in [-0.05, 0) is 11.2 Å². The smallest absolute Gasteiger partial charge is 0.381 e. The molecule has 6 nitrogen and oxygen atoms in total. The molecule has 1 rings (SSSR count). The zero-order chi connectivity index (χ0) is 10.4. The van der Waals surface area contributed by atoms with Gasteiger partial charge in [-0.15, -0.1) is 4.98 Å². The molecule has 0 aromatic carbocycles. The summed E-state index contributed by atoms with van der Waals surface area (Å²) in [5, 5.41) is 11.7. The van der Waals surface area contributed by atoms with E-state index < -0.39 is 0 Å². The molecule has 0 bridgehead atoms. The van der Waals surface area contributed by atoms with Crippen molar-refractivity contribution >= 4 is 11.8 Å². The van der Waals surface area contributed by atoms with Crippen LogP contribution in [0.5, 0.6) is 0 Å². The van der Waals surface area contributed by atoms with Gasteiger partial charge in [0, 0.05) is 12.7 Å². The summed E-state index contributed by atoms with van der Waals surface area (Å²) in [5.74, 6) is 0.995. The maximum Gasteiger partial charge on any atom is 0.381 e. The summed E-state index contributed by atoms with van der Waals surface area (Å²) in [6.45, 7) is 0.809. The van der Waals surface area contributed by atoms with E-state index in [0.717, 1.165) is 0 Å². The van der Waals surface area contributed by atoms with Gasteiger partial charge < -0.3 is 21.0 Å². The maximum atomic E-state index is 8.61. The highest BCUT2D eigenvalue weighted by Gasteiger charge is 2.10. The minimum atomic E-state index is 0.153. The fourth-order valence-electron chi connectivity index (χ4n) is 1.05. The lowest BCUT2D eigenvalue weighted by Gasteiger charge is -2.07. The van der Waals surface area contributed by atoms with Crippen LogP contribution in [0.1, 0.15) is 6.42 Å². The SMILES string of the molecule is CO[n+]1c(NCCCO)ccnc1N. The van der Waals surface area contributed by atoms with Crippen LogP contribution in [0.15, 0.2) is 12.3 Å². The molecule has 0 aliphatic rings. The van der Waals surface area contributed by atoms with Gasteiger partial charge in [-0.1, -0.05) is 0 Å². The predicted molar refractivity (Wildman–Crippen MR) is 51.5 cm³/mol. The fraction of sp³-hybridized carbons (Fsp3) is 0.500. The number of nitrogens with zero attached hydrogens (tertiary/aromatic N) is 2. The van der Waals surface area contributed by atoms with Crippen LogP contribution in [-0.2, 0) is 0 Å². The van der Waals surface area contributed by atoms with Crippen LogP contribution in [0.2, 0.25) is 0 Å². The summed E-state index contributed by atoms with van der Waals surface area (Å²) < 4.78 is 1.39. The molecule has 0 radical (unpaired) electrons. The highest BCUT2D eigenvalue weighted by Crippen LogP contribution is 1.99. The van der Waals surface area contributed by atoms with E-state index in [0.29, 0.717) is 18.8 Å². The predicted octanol–water partition coefficient (Wildman–Crippen LogP) is -1.20. The third kappa shape index (κ3) is 2.46. The number of aliphatic hydroxyl groups is 1. The van der Waals surface area contributed by atoms with Gasteiger partial charge in [0.25, 0.3) is 0 Å². The second-order valence-corrected chi connectivity index (χ2v) is 2.67. The lowest BCUT2D eigenvalue weighted by atomic mass is 10.4. The van der Waals surface area contributed by atoms with Gasteiger partial charge in [-0.3, -0.25) is 0 Å². The first kappa shape index (κ1) is 10.5. The first-order chi connectivity index (χ1) is 6.79. The number of aliphatic hydroxyl groups excluding tert-OH is 1. The normalized spacial score (nSPS) is 9.86. The van der Waals surface area contributed by atoms with Crippen molar-refractivity contribution < 1.29 is 14.7 Å². The number of nitrogen functional groups attached to an aromatic ring is 1. The largest absolute Gasteiger partial charge is 0.396 e. The Morgan fingerprint density at radius 2 is 2.50 bits per heavy atom. The lowest BCUT2D eigenvalue weighted by Crippen LogP contribution is -2.46. The Morgan fingerprint density at radius 1 is 1.71 bits per heavy atom. The molecule has 6 heteroatoms. The first-order valence-electron chi connectivity index (χ1n) is 4.35. The maximum absolute atomic E-state index is 8.61. The van der Waals surface area contributed by atoms with Gasteiger partial charge >= 0.3 is 5.95 Å². The van der Waals surface area contributed by atoms with E-state index in [2.05, 4.69) is 10.3 Å². The zero-order valence-corrected chi connectivity index (χ0v) is 8.10. The molecule has 0 fully saturated rings. The van der Waals surface area contributed by atoms with E-state index in [9.17, 15) is 0 Å². The third-order valence-electron chi connectivity index (χ3n) is 1.69. The topological polar surface area (TPSA) is 84.3 Å². The molecule has 0 unspecified atom stereocenters. The van der Waals surface area contributed by atoms with Crippen molar-refractivity contribution in [3.05, 3.63) is 12.3 Å². The Balaban J connectivity index is 2.70. The number of nitrogens with two attached hydrogens (primary N) is 1. The van der Waals surface area contributed by atoms with Gasteiger partial charge in [0.1, 0.15) is 7.11 Å². The fourth-order valence-corrected chi connectivity index (χ4v) is 1.05. The number of aromatic nitrogens is 2. The molecule has 14 heavy (non-hydrogen) atoms. The van der Waals surface area contributed by atoms with E-state index in [1.807, 2.05) is 0 Å².